The van der Waals surface area contributed by atoms with Crippen LogP contribution in [0.5, 0.6) is 5.88 Å². The number of allylic oxidation sites excluding steroid dienone is 1. The molecule has 17 nitrogen and oxygen atoms in total. The van der Waals surface area contributed by atoms with Gasteiger partial charge in [0.25, 0.3) is 11.8 Å². The zero-order chi connectivity index (χ0) is 41.9. The molecule has 5 atom stereocenters. The number of nitrogens with one attached hydrogen (secondary N) is 3. The molecule has 5 heterocycles. The van der Waals surface area contributed by atoms with Crippen LogP contribution in [0.2, 0.25) is 0 Å². The van der Waals surface area contributed by atoms with Gasteiger partial charge in [0, 0.05) is 23.8 Å². The Morgan fingerprint density at radius 1 is 1.08 bits per heavy atom. The molecule has 3 aromatic heterocycles. The second kappa shape index (κ2) is 15.2. The number of aromatic nitrogens is 3. The van der Waals surface area contributed by atoms with E-state index in [4.69, 9.17) is 18.4 Å². The molecule has 2 saturated carbocycles. The molecule has 0 radical (unpaired) electrons. The maximum atomic E-state index is 14.6. The van der Waals surface area contributed by atoms with Crippen LogP contribution in [0.4, 0.5) is 9.18 Å². The van der Waals surface area contributed by atoms with E-state index in [1.165, 1.54) is 23.1 Å². The predicted octanol–water partition coefficient (Wildman–Crippen LogP) is 4.72. The molecule has 4 aromatic rings. The van der Waals surface area contributed by atoms with Crippen LogP contribution in [0.25, 0.3) is 33.6 Å². The van der Waals surface area contributed by atoms with Crippen molar-refractivity contribution in [3.63, 3.8) is 0 Å². The van der Waals surface area contributed by atoms with Crippen LogP contribution in [-0.2, 0) is 29.1 Å². The number of aryl methyl sites for hydroxylation is 1. The summed E-state index contributed by atoms with van der Waals surface area (Å²) >= 11 is 0. The number of benzene rings is 1. The molecule has 0 spiro atoms. The van der Waals surface area contributed by atoms with Gasteiger partial charge in [0.15, 0.2) is 11.5 Å². The van der Waals surface area contributed by atoms with Crippen LogP contribution in [0.1, 0.15) is 84.3 Å². The Morgan fingerprint density at radius 2 is 1.88 bits per heavy atom. The summed E-state index contributed by atoms with van der Waals surface area (Å²) in [7, 11) is -3.95. The largest absolute Gasteiger partial charge is 0.470 e. The third-order valence-electron chi connectivity index (χ3n) is 10.9. The molecule has 0 unspecified atom stereocenters. The van der Waals surface area contributed by atoms with E-state index in [-0.39, 0.29) is 54.3 Å². The van der Waals surface area contributed by atoms with Crippen LogP contribution in [-0.4, -0.2) is 93.4 Å². The van der Waals surface area contributed by atoms with E-state index in [0.29, 0.717) is 48.8 Å². The van der Waals surface area contributed by atoms with E-state index in [9.17, 15) is 32.0 Å². The number of amides is 4. The molecule has 8 rings (SSSR count). The number of furan rings is 1. The Labute approximate surface area is 338 Å². The fourth-order valence-electron chi connectivity index (χ4n) is 7.71. The zero-order valence-corrected chi connectivity index (χ0v) is 33.9. The minimum atomic E-state index is -3.95. The number of nitrogens with zero attached hydrogens (tertiary/aromatic N) is 4. The van der Waals surface area contributed by atoms with Crippen molar-refractivity contribution in [2.24, 2.45) is 5.92 Å². The van der Waals surface area contributed by atoms with Gasteiger partial charge >= 0.3 is 6.09 Å². The molecule has 2 aliphatic heterocycles. The SMILES string of the molecule is Cc1cc(-c2nc(O[C@@H]3C[C@H]4C(=O)N[C@]5(C(=O)NS(=O)(=O)C6CC6)C[C@@H]5/C=C\CCCCC[C@H](NC(=O)OC(C)(C)C)C(=O)N4C3)c3oc4ccc(F)cc4c3n2)no1. The number of sulfonamides is 1. The predicted molar refractivity (Wildman–Crippen MR) is 208 cm³/mol. The molecule has 59 heavy (non-hydrogen) atoms. The maximum Gasteiger partial charge on any atom is 0.408 e. The normalized spacial score (nSPS) is 25.9. The van der Waals surface area contributed by atoms with E-state index in [1.807, 2.05) is 12.2 Å². The van der Waals surface area contributed by atoms with Crippen molar-refractivity contribution in [3.05, 3.63) is 48.0 Å². The smallest absolute Gasteiger partial charge is 0.408 e. The van der Waals surface area contributed by atoms with Crippen molar-refractivity contribution in [1.29, 1.82) is 0 Å². The third kappa shape index (κ3) is 8.47. The van der Waals surface area contributed by atoms with Gasteiger partial charge in [-0.1, -0.05) is 30.2 Å². The summed E-state index contributed by atoms with van der Waals surface area (Å²) in [6.07, 6.45) is 5.87. The standard InChI is InChI=1S/C40H46FN7O10S/c1-21-16-28(46-58-21)33-43-31-26-17-23(41)12-15-30(26)56-32(31)35(44-33)55-24-18-29-34(49)45-40(37(51)47-59(53,54)25-13-14-25)19-22(40)10-8-6-5-7-9-11-27(36(50)48(29)20-24)42-38(52)57-39(2,3)4/h8,10,12,15-17,22,24-25,27,29H,5-7,9,11,13-14,18-20H2,1-4H3,(H,42,52)(H,45,49)(H,47,51)/b10-8-/t22-,24+,27-,29-,40+/m0/s1. The van der Waals surface area contributed by atoms with Crippen LogP contribution in [0.3, 0.4) is 0 Å². The molecule has 19 heteroatoms. The number of hydrogen-bond acceptors (Lipinski definition) is 13. The van der Waals surface area contributed by atoms with E-state index >= 15 is 0 Å². The lowest BCUT2D eigenvalue weighted by Gasteiger charge is -2.30. The minimum absolute atomic E-state index is 0.0696. The molecule has 3 N–H and O–H groups in total. The highest BCUT2D eigenvalue weighted by Crippen LogP contribution is 2.46. The van der Waals surface area contributed by atoms with E-state index in [0.717, 1.165) is 6.42 Å². The second-order valence-corrected chi connectivity index (χ2v) is 18.7. The minimum Gasteiger partial charge on any atom is -0.470 e. The number of hydrogen-bond donors (Lipinski definition) is 3. The third-order valence-corrected chi connectivity index (χ3v) is 12.7. The number of fused-ring (bicyclic) bond motifs is 5. The average molecular weight is 836 g/mol. The number of rotatable bonds is 7. The van der Waals surface area contributed by atoms with Gasteiger partial charge in [-0.15, -0.1) is 0 Å². The average Bonchev–Trinajstić information content (AvgIpc) is 4.00. The fraction of sp³-hybridized carbons (Fsp3) is 0.525. The summed E-state index contributed by atoms with van der Waals surface area (Å²) in [5, 5.41) is 9.27. The van der Waals surface area contributed by atoms with Crippen molar-refractivity contribution in [1.82, 2.24) is 35.4 Å². The summed E-state index contributed by atoms with van der Waals surface area (Å²) in [5.74, 6) is -2.65. The maximum absolute atomic E-state index is 14.6. The van der Waals surface area contributed by atoms with E-state index in [1.54, 1.807) is 33.8 Å². The Kier molecular flexibility index (Phi) is 10.4. The highest BCUT2D eigenvalue weighted by atomic mass is 32.2. The number of halogens is 1. The Hall–Kier alpha value is -5.59. The van der Waals surface area contributed by atoms with Crippen LogP contribution >= 0.6 is 0 Å². The fourth-order valence-corrected chi connectivity index (χ4v) is 9.08. The van der Waals surface area contributed by atoms with Gasteiger partial charge in [-0.05, 0) is 84.4 Å². The topological polar surface area (TPSA) is 225 Å². The quantitative estimate of drug-likeness (QED) is 0.215. The first-order valence-corrected chi connectivity index (χ1v) is 21.4. The van der Waals surface area contributed by atoms with Gasteiger partial charge < -0.3 is 33.9 Å². The molecule has 314 valence electrons. The number of carbonyl (C=O) groups is 4. The summed E-state index contributed by atoms with van der Waals surface area (Å²) in [6.45, 7) is 6.63. The van der Waals surface area contributed by atoms with E-state index < -0.39 is 80.2 Å². The molecule has 1 aromatic carbocycles. The molecule has 2 aliphatic carbocycles. The number of ether oxygens (including phenoxy) is 2. The summed E-state index contributed by atoms with van der Waals surface area (Å²) < 4.78 is 65.8. The van der Waals surface area contributed by atoms with Crippen molar-refractivity contribution in [2.75, 3.05) is 6.54 Å². The lowest BCUT2D eigenvalue weighted by molar-refractivity contribution is -0.141. The zero-order valence-electron chi connectivity index (χ0n) is 33.1. The summed E-state index contributed by atoms with van der Waals surface area (Å²) in [6, 6.07) is 3.24. The molecule has 4 amide bonds. The number of carbonyl (C=O) groups excluding carboxylic acids is 4. The molecule has 0 bridgehead atoms. The van der Waals surface area contributed by atoms with Gasteiger partial charge in [0.1, 0.15) is 52.0 Å². The van der Waals surface area contributed by atoms with Crippen LogP contribution in [0, 0.1) is 18.7 Å². The molecule has 4 aliphatic rings. The van der Waals surface area contributed by atoms with Crippen molar-refractivity contribution >= 4 is 55.9 Å². The first-order valence-electron chi connectivity index (χ1n) is 19.8. The first-order chi connectivity index (χ1) is 28.0. The van der Waals surface area contributed by atoms with Crippen molar-refractivity contribution < 1.29 is 50.4 Å². The lowest BCUT2D eigenvalue weighted by Crippen LogP contribution is -2.58. The van der Waals surface area contributed by atoms with Gasteiger partial charge in [0.05, 0.1) is 11.8 Å². The van der Waals surface area contributed by atoms with Crippen LogP contribution in [0.15, 0.2) is 45.4 Å². The van der Waals surface area contributed by atoms with Gasteiger partial charge in [0.2, 0.25) is 27.4 Å². The number of alkyl carbamates (subject to hydrolysis) is 1. The second-order valence-electron chi connectivity index (χ2n) is 16.8. The Balaban J connectivity index is 1.15. The van der Waals surface area contributed by atoms with Gasteiger partial charge in [-0.25, -0.2) is 22.6 Å². The molecule has 1 saturated heterocycles. The molecular weight excluding hydrogens is 790 g/mol. The van der Waals surface area contributed by atoms with Crippen molar-refractivity contribution in [3.8, 4) is 17.4 Å². The monoisotopic (exact) mass is 835 g/mol. The van der Waals surface area contributed by atoms with Gasteiger partial charge in [-0.3, -0.25) is 19.1 Å². The summed E-state index contributed by atoms with van der Waals surface area (Å²) in [5.41, 5.74) is -1.55. The molecule has 3 fully saturated rings. The Morgan fingerprint density at radius 3 is 2.61 bits per heavy atom. The Bertz CT molecular complexity index is 2470. The highest BCUT2D eigenvalue weighted by Gasteiger charge is 2.62. The highest BCUT2D eigenvalue weighted by molar-refractivity contribution is 7.91. The first kappa shape index (κ1) is 40.2. The summed E-state index contributed by atoms with van der Waals surface area (Å²) in [4.78, 5) is 66.6. The van der Waals surface area contributed by atoms with Crippen molar-refractivity contribution in [2.45, 2.75) is 120 Å². The van der Waals surface area contributed by atoms with E-state index in [2.05, 4.69) is 30.5 Å². The molecular formula is C40H46FN7O10S. The van der Waals surface area contributed by atoms with Crippen LogP contribution < -0.4 is 20.1 Å². The van der Waals surface area contributed by atoms with Gasteiger partial charge in [-0.2, -0.15) is 4.98 Å². The lowest BCUT2D eigenvalue weighted by atomic mass is 10.0.